The highest BCUT2D eigenvalue weighted by Gasteiger charge is 2.36. The van der Waals surface area contributed by atoms with Crippen LogP contribution in [0.2, 0.25) is 0 Å². The number of allylic oxidation sites excluding steroid dienone is 2. The topological polar surface area (TPSA) is 98.3 Å². The fourth-order valence-electron chi connectivity index (χ4n) is 1.43. The Balaban J connectivity index is 3.02. The Morgan fingerprint density at radius 2 is 2.08 bits per heavy atom. The molecule has 1 aliphatic carbocycles. The molecule has 0 aromatic heterocycles. The van der Waals surface area contributed by atoms with Crippen molar-refractivity contribution in [2.45, 2.75) is 19.0 Å². The van der Waals surface area contributed by atoms with Crippen molar-refractivity contribution in [3.63, 3.8) is 0 Å². The van der Waals surface area contributed by atoms with E-state index in [4.69, 9.17) is 17.2 Å². The molecule has 0 aliphatic heterocycles. The molecule has 1 atom stereocenters. The highest BCUT2D eigenvalue weighted by atomic mass is 16.3. The molecule has 7 N–H and O–H groups in total. The Morgan fingerprint density at radius 3 is 2.50 bits per heavy atom. The fourth-order valence-corrected chi connectivity index (χ4v) is 1.43. The van der Waals surface area contributed by atoms with Crippen LogP contribution in [0.3, 0.4) is 0 Å². The molecule has 1 rings (SSSR count). The molecule has 0 saturated heterocycles. The molecule has 0 radical (unpaired) electrons. The van der Waals surface area contributed by atoms with Gasteiger partial charge in [0.2, 0.25) is 0 Å². The van der Waals surface area contributed by atoms with Gasteiger partial charge in [0.25, 0.3) is 0 Å². The van der Waals surface area contributed by atoms with Gasteiger partial charge >= 0.3 is 0 Å². The monoisotopic (exact) mass is 169 g/mol. The molecule has 0 amide bonds. The number of aliphatic hydroxyl groups excluding tert-OH is 1. The van der Waals surface area contributed by atoms with Gasteiger partial charge in [0.15, 0.2) is 0 Å². The largest absolute Gasteiger partial charge is 0.512 e. The smallest absolute Gasteiger partial charge is 0.115 e. The summed E-state index contributed by atoms with van der Waals surface area (Å²) in [4.78, 5) is 0. The summed E-state index contributed by atoms with van der Waals surface area (Å²) in [5.41, 5.74) is 16.4. The normalized spacial score (nSPS) is 27.8. The Bertz CT molecular complexity index is 243. The van der Waals surface area contributed by atoms with Crippen LogP contribution in [-0.2, 0) is 0 Å². The summed E-state index contributed by atoms with van der Waals surface area (Å²) >= 11 is 0. The molecular formula is C8H15N3O. The molecule has 12 heavy (non-hydrogen) atoms. The maximum Gasteiger partial charge on any atom is 0.115 e. The first-order valence-corrected chi connectivity index (χ1v) is 3.94. The van der Waals surface area contributed by atoms with Gasteiger partial charge in [0.05, 0.1) is 11.7 Å². The van der Waals surface area contributed by atoms with E-state index >= 15 is 0 Å². The van der Waals surface area contributed by atoms with Crippen LogP contribution < -0.4 is 17.2 Å². The van der Waals surface area contributed by atoms with Crippen molar-refractivity contribution in [2.75, 3.05) is 0 Å². The summed E-state index contributed by atoms with van der Waals surface area (Å²) in [6.07, 6.45) is 3.76. The van der Waals surface area contributed by atoms with Crippen molar-refractivity contribution in [3.05, 3.63) is 23.6 Å². The molecule has 0 bridgehead atoms. The lowest BCUT2D eigenvalue weighted by Crippen LogP contribution is -2.60. The number of aliphatic hydroxyl groups is 1. The third-order valence-corrected chi connectivity index (χ3v) is 2.28. The lowest BCUT2D eigenvalue weighted by Gasteiger charge is -2.35. The van der Waals surface area contributed by atoms with Crippen LogP contribution in [0.1, 0.15) is 13.3 Å². The average Bonchev–Trinajstić information content (AvgIpc) is 1.98. The van der Waals surface area contributed by atoms with Gasteiger partial charge in [0, 0.05) is 5.70 Å². The molecule has 1 aliphatic rings. The van der Waals surface area contributed by atoms with Crippen molar-refractivity contribution < 1.29 is 5.11 Å². The standard InChI is InChI=1S/C8H15N3O/c1-2-5-6(12)3-4-7(9)8(5,10)11/h3-5,12H,2,9-11H2,1H3. The Labute approximate surface area is 71.7 Å². The molecule has 0 heterocycles. The summed E-state index contributed by atoms with van der Waals surface area (Å²) in [7, 11) is 0. The first kappa shape index (κ1) is 9.09. The van der Waals surface area contributed by atoms with E-state index in [1.807, 2.05) is 6.92 Å². The molecule has 0 saturated carbocycles. The first-order chi connectivity index (χ1) is 5.50. The second kappa shape index (κ2) is 2.80. The molecule has 0 aromatic rings. The summed E-state index contributed by atoms with van der Waals surface area (Å²) in [6.45, 7) is 1.90. The van der Waals surface area contributed by atoms with Crippen molar-refractivity contribution >= 4 is 0 Å². The maximum atomic E-state index is 9.42. The number of hydrogen-bond acceptors (Lipinski definition) is 4. The van der Waals surface area contributed by atoms with Crippen molar-refractivity contribution in [1.29, 1.82) is 0 Å². The molecule has 4 nitrogen and oxygen atoms in total. The molecule has 68 valence electrons. The molecule has 4 heteroatoms. The van der Waals surface area contributed by atoms with Crippen molar-refractivity contribution in [3.8, 4) is 0 Å². The van der Waals surface area contributed by atoms with E-state index in [0.717, 1.165) is 0 Å². The first-order valence-electron chi connectivity index (χ1n) is 3.94. The SMILES string of the molecule is CCC1C(O)=CC=C(N)C1(N)N. The van der Waals surface area contributed by atoms with E-state index in [2.05, 4.69) is 0 Å². The number of nitrogens with two attached hydrogens (primary N) is 3. The van der Waals surface area contributed by atoms with E-state index in [1.165, 1.54) is 0 Å². The summed E-state index contributed by atoms with van der Waals surface area (Å²) in [6, 6.07) is 0. The van der Waals surface area contributed by atoms with Gasteiger partial charge in [-0.15, -0.1) is 0 Å². The van der Waals surface area contributed by atoms with Crippen molar-refractivity contribution in [2.24, 2.45) is 23.1 Å². The third kappa shape index (κ3) is 1.19. The molecular weight excluding hydrogens is 154 g/mol. The van der Waals surface area contributed by atoms with Crippen LogP contribution in [0, 0.1) is 5.92 Å². The lowest BCUT2D eigenvalue weighted by atomic mass is 9.84. The lowest BCUT2D eigenvalue weighted by molar-refractivity contribution is 0.242. The number of rotatable bonds is 1. The zero-order chi connectivity index (χ0) is 9.35. The van der Waals surface area contributed by atoms with E-state index in [1.54, 1.807) is 12.2 Å². The van der Waals surface area contributed by atoms with Crippen LogP contribution in [0.4, 0.5) is 0 Å². The molecule has 0 aromatic carbocycles. The van der Waals surface area contributed by atoms with Crippen LogP contribution in [0.25, 0.3) is 0 Å². The van der Waals surface area contributed by atoms with Crippen LogP contribution >= 0.6 is 0 Å². The van der Waals surface area contributed by atoms with Gasteiger partial charge in [-0.1, -0.05) is 6.92 Å². The Hall–Kier alpha value is -1.00. The quantitative estimate of drug-likeness (QED) is 0.413. The van der Waals surface area contributed by atoms with E-state index < -0.39 is 5.66 Å². The van der Waals surface area contributed by atoms with Crippen LogP contribution in [0.15, 0.2) is 23.6 Å². The highest BCUT2D eigenvalue weighted by molar-refractivity contribution is 5.31. The predicted octanol–water partition coefficient (Wildman–Crippen LogP) is -0.0756. The second-order valence-electron chi connectivity index (χ2n) is 3.11. The summed E-state index contributed by atoms with van der Waals surface area (Å²) < 4.78 is 0. The van der Waals surface area contributed by atoms with E-state index in [-0.39, 0.29) is 11.7 Å². The predicted molar refractivity (Wildman–Crippen MR) is 47.9 cm³/mol. The average molecular weight is 169 g/mol. The van der Waals surface area contributed by atoms with E-state index in [0.29, 0.717) is 12.1 Å². The highest BCUT2D eigenvalue weighted by Crippen LogP contribution is 2.28. The zero-order valence-corrected chi connectivity index (χ0v) is 7.12. The van der Waals surface area contributed by atoms with Gasteiger partial charge in [-0.05, 0) is 18.6 Å². The molecule has 0 spiro atoms. The third-order valence-electron chi connectivity index (χ3n) is 2.28. The minimum atomic E-state index is -1.10. The zero-order valence-electron chi connectivity index (χ0n) is 7.12. The maximum absolute atomic E-state index is 9.42. The second-order valence-corrected chi connectivity index (χ2v) is 3.11. The van der Waals surface area contributed by atoms with E-state index in [9.17, 15) is 5.11 Å². The number of hydrogen-bond donors (Lipinski definition) is 4. The van der Waals surface area contributed by atoms with Gasteiger partial charge < -0.3 is 22.3 Å². The minimum absolute atomic E-state index is 0.205. The van der Waals surface area contributed by atoms with Gasteiger partial charge in [-0.2, -0.15) is 0 Å². The molecule has 0 fully saturated rings. The summed E-state index contributed by atoms with van der Waals surface area (Å²) in [5, 5.41) is 9.42. The van der Waals surface area contributed by atoms with Crippen LogP contribution in [-0.4, -0.2) is 10.8 Å². The van der Waals surface area contributed by atoms with Gasteiger partial charge in [-0.3, -0.25) is 0 Å². The van der Waals surface area contributed by atoms with Crippen LogP contribution in [0.5, 0.6) is 0 Å². The summed E-state index contributed by atoms with van der Waals surface area (Å²) in [5.74, 6) is -0.0702. The minimum Gasteiger partial charge on any atom is -0.512 e. The van der Waals surface area contributed by atoms with Gasteiger partial charge in [-0.25, -0.2) is 0 Å². The Kier molecular flexibility index (Phi) is 2.12. The van der Waals surface area contributed by atoms with Crippen molar-refractivity contribution in [1.82, 2.24) is 0 Å². The Morgan fingerprint density at radius 1 is 1.50 bits per heavy atom. The van der Waals surface area contributed by atoms with Gasteiger partial charge in [0.1, 0.15) is 5.66 Å². The fraction of sp³-hybridized carbons (Fsp3) is 0.500. The molecule has 1 unspecified atom stereocenters.